The van der Waals surface area contributed by atoms with Gasteiger partial charge in [-0.2, -0.15) is 0 Å². The molecule has 1 aliphatic heterocycles. The zero-order valence-electron chi connectivity index (χ0n) is 15.6. The van der Waals surface area contributed by atoms with Gasteiger partial charge >= 0.3 is 0 Å². The van der Waals surface area contributed by atoms with Crippen LogP contribution < -0.4 is 5.32 Å². The van der Waals surface area contributed by atoms with Gasteiger partial charge in [-0.25, -0.2) is 0 Å². The number of benzene rings is 2. The molecule has 0 atom stereocenters. The van der Waals surface area contributed by atoms with Crippen molar-refractivity contribution in [3.05, 3.63) is 77.2 Å². The van der Waals surface area contributed by atoms with Crippen molar-refractivity contribution in [1.82, 2.24) is 4.90 Å². The lowest BCUT2D eigenvalue weighted by molar-refractivity contribution is -0.122. The second kappa shape index (κ2) is 10.0. The maximum atomic E-state index is 12.5. The second-order valence-electron chi connectivity index (χ2n) is 6.33. The number of thioether (sulfide) groups is 1. The van der Waals surface area contributed by atoms with Gasteiger partial charge in [-0.3, -0.25) is 14.5 Å². The van der Waals surface area contributed by atoms with E-state index in [-0.39, 0.29) is 24.0 Å². The third-order valence-electron chi connectivity index (χ3n) is 4.12. The van der Waals surface area contributed by atoms with Gasteiger partial charge in [0.25, 0.3) is 5.91 Å². The van der Waals surface area contributed by atoms with Gasteiger partial charge in [0.15, 0.2) is 0 Å². The molecule has 1 fully saturated rings. The Hall–Kier alpha value is -2.90. The van der Waals surface area contributed by atoms with E-state index in [4.69, 9.17) is 12.2 Å². The van der Waals surface area contributed by atoms with E-state index in [1.165, 1.54) is 28.8 Å². The molecule has 7 heteroatoms. The summed E-state index contributed by atoms with van der Waals surface area (Å²) in [6, 6.07) is 16.2. The number of phenolic OH excluding ortho intramolecular Hbond substituents is 1. The summed E-state index contributed by atoms with van der Waals surface area (Å²) in [5.74, 6) is -0.220. The molecular weight excluding hydrogens is 404 g/mol. The Morgan fingerprint density at radius 3 is 2.72 bits per heavy atom. The molecule has 1 heterocycles. The summed E-state index contributed by atoms with van der Waals surface area (Å²) in [7, 11) is 0. The van der Waals surface area contributed by atoms with Crippen LogP contribution in [0.15, 0.2) is 71.7 Å². The zero-order valence-corrected chi connectivity index (χ0v) is 17.2. The Morgan fingerprint density at radius 2 is 1.97 bits per heavy atom. The lowest BCUT2D eigenvalue weighted by Crippen LogP contribution is -2.29. The van der Waals surface area contributed by atoms with Crippen molar-refractivity contribution < 1.29 is 14.7 Å². The molecule has 0 aromatic heterocycles. The highest BCUT2D eigenvalue weighted by Gasteiger charge is 2.31. The highest BCUT2D eigenvalue weighted by Crippen LogP contribution is 2.31. The summed E-state index contributed by atoms with van der Waals surface area (Å²) in [4.78, 5) is 26.7. The Labute approximate surface area is 179 Å². The standard InChI is InChI=1S/C22H20N2O3S2/c25-18-11-5-10-17(15-18)23-20(26)13-6-14-24-21(27)19(29-22(24)28)12-4-9-16-7-2-1-3-8-16/h1-5,7-12,15,25H,6,13-14H2,(H,23,26)/b9-4+,19-12-. The van der Waals surface area contributed by atoms with Crippen molar-refractivity contribution in [1.29, 1.82) is 0 Å². The Balaban J connectivity index is 1.49. The van der Waals surface area contributed by atoms with Crippen LogP contribution in [-0.2, 0) is 9.59 Å². The molecule has 1 aliphatic rings. The van der Waals surface area contributed by atoms with Crippen molar-refractivity contribution in [3.8, 4) is 5.75 Å². The van der Waals surface area contributed by atoms with Crippen LogP contribution >= 0.6 is 24.0 Å². The number of thiocarbonyl (C=S) groups is 1. The maximum Gasteiger partial charge on any atom is 0.266 e. The number of nitrogens with one attached hydrogen (secondary N) is 1. The van der Waals surface area contributed by atoms with Crippen LogP contribution in [-0.4, -0.2) is 32.7 Å². The smallest absolute Gasteiger partial charge is 0.266 e. The average Bonchev–Trinajstić information content (AvgIpc) is 2.96. The molecule has 2 aromatic carbocycles. The van der Waals surface area contributed by atoms with Crippen LogP contribution in [0.3, 0.4) is 0 Å². The van der Waals surface area contributed by atoms with E-state index in [0.717, 1.165) is 5.56 Å². The van der Waals surface area contributed by atoms with Gasteiger partial charge in [-0.1, -0.05) is 72.5 Å². The fourth-order valence-corrected chi connectivity index (χ4v) is 3.98. The van der Waals surface area contributed by atoms with Crippen molar-refractivity contribution in [2.75, 3.05) is 11.9 Å². The van der Waals surface area contributed by atoms with Gasteiger partial charge in [-0.15, -0.1) is 0 Å². The topological polar surface area (TPSA) is 69.6 Å². The quantitative estimate of drug-likeness (QED) is 0.503. The first kappa shape index (κ1) is 20.8. The minimum absolute atomic E-state index is 0.0912. The number of rotatable bonds is 7. The number of aromatic hydroxyl groups is 1. The number of carbonyl (C=O) groups is 2. The number of hydrogen-bond donors (Lipinski definition) is 2. The molecule has 0 aliphatic carbocycles. The minimum Gasteiger partial charge on any atom is -0.508 e. The van der Waals surface area contributed by atoms with E-state index in [1.54, 1.807) is 18.2 Å². The summed E-state index contributed by atoms with van der Waals surface area (Å²) in [5, 5.41) is 12.2. The van der Waals surface area contributed by atoms with Gasteiger partial charge in [0.1, 0.15) is 10.1 Å². The lowest BCUT2D eigenvalue weighted by Gasteiger charge is -2.14. The zero-order chi connectivity index (χ0) is 20.6. The molecule has 0 unspecified atom stereocenters. The predicted molar refractivity (Wildman–Crippen MR) is 121 cm³/mol. The van der Waals surface area contributed by atoms with Crippen molar-refractivity contribution in [2.24, 2.45) is 0 Å². The number of anilines is 1. The maximum absolute atomic E-state index is 12.5. The third-order valence-corrected chi connectivity index (χ3v) is 5.52. The normalized spacial score (nSPS) is 15.4. The average molecular weight is 425 g/mol. The summed E-state index contributed by atoms with van der Waals surface area (Å²) < 4.78 is 0.503. The van der Waals surface area contributed by atoms with E-state index in [0.29, 0.717) is 27.9 Å². The number of phenols is 1. The summed E-state index contributed by atoms with van der Waals surface area (Å²) in [6.07, 6.45) is 6.27. The molecule has 1 saturated heterocycles. The van der Waals surface area contributed by atoms with Crippen molar-refractivity contribution in [2.45, 2.75) is 12.8 Å². The molecule has 2 amide bonds. The Bertz CT molecular complexity index is 971. The number of carbonyl (C=O) groups excluding carboxylic acids is 2. The summed E-state index contributed by atoms with van der Waals surface area (Å²) in [6.45, 7) is 0.387. The fourth-order valence-electron chi connectivity index (χ4n) is 2.72. The first-order valence-corrected chi connectivity index (χ1v) is 10.3. The van der Waals surface area contributed by atoms with Crippen molar-refractivity contribution in [3.63, 3.8) is 0 Å². The molecule has 0 saturated carbocycles. The van der Waals surface area contributed by atoms with Crippen molar-refractivity contribution >= 4 is 51.9 Å². The SMILES string of the molecule is O=C(CCCN1C(=O)/C(=C/C=C/c2ccccc2)SC1=S)Nc1cccc(O)c1. The monoisotopic (exact) mass is 424 g/mol. The fraction of sp³-hybridized carbons (Fsp3) is 0.136. The van der Waals surface area contributed by atoms with E-state index >= 15 is 0 Å². The summed E-state index contributed by atoms with van der Waals surface area (Å²) in [5.41, 5.74) is 1.59. The molecule has 148 valence electrons. The van der Waals surface area contributed by atoms with Gasteiger partial charge in [0.05, 0.1) is 4.91 Å². The molecule has 0 bridgehead atoms. The van der Waals surface area contributed by atoms with Gasteiger partial charge in [-0.05, 0) is 30.2 Å². The van der Waals surface area contributed by atoms with Crippen LogP contribution in [0.1, 0.15) is 18.4 Å². The van der Waals surface area contributed by atoms with E-state index < -0.39 is 0 Å². The Morgan fingerprint density at radius 1 is 1.17 bits per heavy atom. The number of nitrogens with zero attached hydrogens (tertiary/aromatic N) is 1. The van der Waals surface area contributed by atoms with E-state index in [1.807, 2.05) is 42.5 Å². The minimum atomic E-state index is -0.178. The third kappa shape index (κ3) is 6.04. The molecule has 2 N–H and O–H groups in total. The molecule has 2 aromatic rings. The first-order valence-electron chi connectivity index (χ1n) is 9.09. The highest BCUT2D eigenvalue weighted by molar-refractivity contribution is 8.26. The highest BCUT2D eigenvalue weighted by atomic mass is 32.2. The predicted octanol–water partition coefficient (Wildman–Crippen LogP) is 4.57. The van der Waals surface area contributed by atoms with Crippen LogP contribution in [0, 0.1) is 0 Å². The first-order chi connectivity index (χ1) is 14.0. The van der Waals surface area contributed by atoms with Crippen LogP contribution in [0.2, 0.25) is 0 Å². The number of amides is 2. The molecule has 0 spiro atoms. The molecule has 0 radical (unpaired) electrons. The number of allylic oxidation sites excluding steroid dienone is 2. The van der Waals surface area contributed by atoms with Crippen LogP contribution in [0.4, 0.5) is 5.69 Å². The molecule has 5 nitrogen and oxygen atoms in total. The van der Waals surface area contributed by atoms with Gasteiger partial charge in [0, 0.05) is 24.7 Å². The van der Waals surface area contributed by atoms with Crippen LogP contribution in [0.25, 0.3) is 6.08 Å². The van der Waals surface area contributed by atoms with Crippen LogP contribution in [0.5, 0.6) is 5.75 Å². The van der Waals surface area contributed by atoms with Gasteiger partial charge in [0.2, 0.25) is 5.91 Å². The van der Waals surface area contributed by atoms with E-state index in [2.05, 4.69) is 5.32 Å². The largest absolute Gasteiger partial charge is 0.508 e. The lowest BCUT2D eigenvalue weighted by atomic mass is 10.2. The van der Waals surface area contributed by atoms with E-state index in [9.17, 15) is 14.7 Å². The molecular formula is C22H20N2O3S2. The second-order valence-corrected chi connectivity index (χ2v) is 8.00. The molecule has 3 rings (SSSR count). The van der Waals surface area contributed by atoms with Gasteiger partial charge < -0.3 is 10.4 Å². The number of hydrogen-bond acceptors (Lipinski definition) is 5. The summed E-state index contributed by atoms with van der Waals surface area (Å²) >= 11 is 6.58. The Kier molecular flexibility index (Phi) is 7.21. The molecule has 29 heavy (non-hydrogen) atoms.